The molecule has 8 heteroatoms. The van der Waals surface area contributed by atoms with E-state index in [4.69, 9.17) is 0 Å². The number of nitrogens with one attached hydrogen (secondary N) is 2. The van der Waals surface area contributed by atoms with Crippen LogP contribution in [0.15, 0.2) is 18.2 Å². The van der Waals surface area contributed by atoms with Crippen LogP contribution in [0.5, 0.6) is 5.75 Å². The van der Waals surface area contributed by atoms with Crippen LogP contribution in [0.3, 0.4) is 0 Å². The molecule has 1 aliphatic heterocycles. The zero-order chi connectivity index (χ0) is 20.3. The highest BCUT2D eigenvalue weighted by Gasteiger charge is 2.27. The molecule has 28 heavy (non-hydrogen) atoms. The van der Waals surface area contributed by atoms with Crippen molar-refractivity contribution in [3.8, 4) is 5.75 Å². The molecule has 0 saturated carbocycles. The van der Waals surface area contributed by atoms with Crippen LogP contribution >= 0.6 is 11.3 Å². The molecular formula is C20H26N4O3S. The number of hydrogen-bond donors (Lipinski definition) is 3. The van der Waals surface area contributed by atoms with Crippen LogP contribution < -0.4 is 10.6 Å². The summed E-state index contributed by atoms with van der Waals surface area (Å²) in [7, 11) is 0. The summed E-state index contributed by atoms with van der Waals surface area (Å²) >= 11 is 1.47. The maximum atomic E-state index is 12.7. The number of aryl methyl sites for hydroxylation is 3. The van der Waals surface area contributed by atoms with Crippen LogP contribution in [0.25, 0.3) is 0 Å². The third kappa shape index (κ3) is 5.08. The Morgan fingerprint density at radius 3 is 2.75 bits per heavy atom. The standard InChI is InChI=1S/C20H26N4O3S/c1-12-9-16(25)6-7-17(12)22-19(27)15-5-4-8-24(10-15)11-18(26)23-20-21-13(2)14(3)28-20/h6-7,9,15,25H,4-5,8,10-11H2,1-3H3,(H,22,27)(H,21,23,26). The predicted octanol–water partition coefficient (Wildman–Crippen LogP) is 3.06. The molecule has 3 rings (SSSR count). The van der Waals surface area contributed by atoms with Gasteiger partial charge in [-0.1, -0.05) is 0 Å². The Kier molecular flexibility index (Phi) is 6.31. The van der Waals surface area contributed by atoms with Crippen LogP contribution in [0.2, 0.25) is 0 Å². The Labute approximate surface area is 168 Å². The van der Waals surface area contributed by atoms with Crippen LogP contribution in [-0.2, 0) is 9.59 Å². The molecule has 2 amide bonds. The SMILES string of the molecule is Cc1cc(O)ccc1NC(=O)C1CCCN(CC(=O)Nc2nc(C)c(C)s2)C1. The van der Waals surface area contributed by atoms with E-state index in [1.54, 1.807) is 18.2 Å². The van der Waals surface area contributed by atoms with Gasteiger partial charge in [-0.05, 0) is 63.9 Å². The zero-order valence-electron chi connectivity index (χ0n) is 16.4. The lowest BCUT2D eigenvalue weighted by Gasteiger charge is -2.31. The number of phenols is 1. The molecule has 150 valence electrons. The topological polar surface area (TPSA) is 94.6 Å². The number of carbonyl (C=O) groups is 2. The molecule has 1 atom stereocenters. The summed E-state index contributed by atoms with van der Waals surface area (Å²) in [4.78, 5) is 32.4. The fourth-order valence-corrected chi connectivity index (χ4v) is 4.15. The zero-order valence-corrected chi connectivity index (χ0v) is 17.2. The number of thiazole rings is 1. The first-order valence-corrected chi connectivity index (χ1v) is 10.2. The Morgan fingerprint density at radius 1 is 1.29 bits per heavy atom. The second kappa shape index (κ2) is 8.70. The number of carbonyl (C=O) groups excluding carboxylic acids is 2. The molecule has 1 aliphatic rings. The molecule has 1 aromatic heterocycles. The minimum absolute atomic E-state index is 0.0509. The van der Waals surface area contributed by atoms with Gasteiger partial charge < -0.3 is 15.7 Å². The number of benzene rings is 1. The maximum absolute atomic E-state index is 12.7. The lowest BCUT2D eigenvalue weighted by molar-refractivity contribution is -0.123. The Morgan fingerprint density at radius 2 is 2.07 bits per heavy atom. The molecular weight excluding hydrogens is 376 g/mol. The quantitative estimate of drug-likeness (QED) is 0.668. The summed E-state index contributed by atoms with van der Waals surface area (Å²) in [6.45, 7) is 7.34. The van der Waals surface area contributed by atoms with Gasteiger partial charge in [-0.3, -0.25) is 14.5 Å². The fourth-order valence-electron chi connectivity index (χ4n) is 3.32. The second-order valence-corrected chi connectivity index (χ2v) is 8.47. The van der Waals surface area contributed by atoms with E-state index < -0.39 is 0 Å². The summed E-state index contributed by atoms with van der Waals surface area (Å²) in [6, 6.07) is 4.88. The van der Waals surface area contributed by atoms with E-state index >= 15 is 0 Å². The van der Waals surface area contributed by atoms with E-state index in [0.717, 1.165) is 35.5 Å². The Balaban J connectivity index is 1.54. The van der Waals surface area contributed by atoms with E-state index in [0.29, 0.717) is 17.4 Å². The summed E-state index contributed by atoms with van der Waals surface area (Å²) in [6.07, 6.45) is 1.67. The second-order valence-electron chi connectivity index (χ2n) is 7.27. The molecule has 0 spiro atoms. The van der Waals surface area contributed by atoms with Gasteiger partial charge in [0.05, 0.1) is 18.2 Å². The average Bonchev–Trinajstić information content (AvgIpc) is 2.94. The first kappa shape index (κ1) is 20.3. The van der Waals surface area contributed by atoms with Gasteiger partial charge in [0.2, 0.25) is 11.8 Å². The van der Waals surface area contributed by atoms with E-state index in [2.05, 4.69) is 15.6 Å². The van der Waals surface area contributed by atoms with Crippen molar-refractivity contribution in [2.24, 2.45) is 5.92 Å². The van der Waals surface area contributed by atoms with Gasteiger partial charge in [-0.25, -0.2) is 4.98 Å². The van der Waals surface area contributed by atoms with Gasteiger partial charge in [0.15, 0.2) is 5.13 Å². The van der Waals surface area contributed by atoms with Gasteiger partial charge in [-0.2, -0.15) is 0 Å². The molecule has 1 saturated heterocycles. The number of likely N-dealkylation sites (tertiary alicyclic amines) is 1. The summed E-state index contributed by atoms with van der Waals surface area (Å²) in [5.74, 6) is -0.149. The van der Waals surface area contributed by atoms with Crippen LogP contribution in [0, 0.1) is 26.7 Å². The number of aromatic hydroxyl groups is 1. The number of hydrogen-bond acceptors (Lipinski definition) is 6. The molecule has 1 aromatic carbocycles. The molecule has 0 bridgehead atoms. The highest BCUT2D eigenvalue weighted by molar-refractivity contribution is 7.15. The minimum atomic E-state index is -0.167. The lowest BCUT2D eigenvalue weighted by Crippen LogP contribution is -2.44. The lowest BCUT2D eigenvalue weighted by atomic mass is 9.97. The molecule has 0 aliphatic carbocycles. The molecule has 1 unspecified atom stereocenters. The molecule has 7 nitrogen and oxygen atoms in total. The minimum Gasteiger partial charge on any atom is -0.508 e. The van der Waals surface area contributed by atoms with E-state index in [1.165, 1.54) is 11.3 Å². The van der Waals surface area contributed by atoms with Crippen molar-refractivity contribution in [3.63, 3.8) is 0 Å². The molecule has 1 fully saturated rings. The third-order valence-corrected chi connectivity index (χ3v) is 5.97. The van der Waals surface area contributed by atoms with Crippen LogP contribution in [0.1, 0.15) is 29.0 Å². The van der Waals surface area contributed by atoms with Crippen molar-refractivity contribution in [1.82, 2.24) is 9.88 Å². The molecule has 0 radical (unpaired) electrons. The number of piperidine rings is 1. The van der Waals surface area contributed by atoms with Crippen molar-refractivity contribution in [2.75, 3.05) is 30.3 Å². The largest absolute Gasteiger partial charge is 0.508 e. The summed E-state index contributed by atoms with van der Waals surface area (Å²) in [5, 5.41) is 15.9. The van der Waals surface area contributed by atoms with Gasteiger partial charge in [0, 0.05) is 17.1 Å². The molecule has 2 aromatic rings. The third-order valence-electron chi connectivity index (χ3n) is 4.99. The highest BCUT2D eigenvalue weighted by Crippen LogP contribution is 2.24. The van der Waals surface area contributed by atoms with Crippen molar-refractivity contribution in [3.05, 3.63) is 34.3 Å². The first-order valence-electron chi connectivity index (χ1n) is 9.38. The van der Waals surface area contributed by atoms with Gasteiger partial charge in [0.1, 0.15) is 5.75 Å². The van der Waals surface area contributed by atoms with E-state index in [9.17, 15) is 14.7 Å². The van der Waals surface area contributed by atoms with Crippen molar-refractivity contribution in [1.29, 1.82) is 0 Å². The molecule has 3 N–H and O–H groups in total. The van der Waals surface area contributed by atoms with Gasteiger partial charge >= 0.3 is 0 Å². The van der Waals surface area contributed by atoms with Gasteiger partial charge in [-0.15, -0.1) is 11.3 Å². The monoisotopic (exact) mass is 402 g/mol. The van der Waals surface area contributed by atoms with E-state index in [1.807, 2.05) is 25.7 Å². The number of amides is 2. The predicted molar refractivity (Wildman–Crippen MR) is 111 cm³/mol. The first-order chi connectivity index (χ1) is 13.3. The van der Waals surface area contributed by atoms with Crippen molar-refractivity contribution < 1.29 is 14.7 Å². The van der Waals surface area contributed by atoms with Gasteiger partial charge in [0.25, 0.3) is 0 Å². The maximum Gasteiger partial charge on any atom is 0.240 e. The molecule has 2 heterocycles. The number of phenolic OH excluding ortho intramolecular Hbond substituents is 1. The highest BCUT2D eigenvalue weighted by atomic mass is 32.1. The van der Waals surface area contributed by atoms with E-state index in [-0.39, 0.29) is 30.0 Å². The van der Waals surface area contributed by atoms with Crippen LogP contribution in [0.4, 0.5) is 10.8 Å². The van der Waals surface area contributed by atoms with Crippen LogP contribution in [-0.4, -0.2) is 46.4 Å². The normalized spacial score (nSPS) is 17.3. The van der Waals surface area contributed by atoms with Crippen molar-refractivity contribution >= 4 is 34.0 Å². The smallest absolute Gasteiger partial charge is 0.240 e. The number of nitrogens with zero attached hydrogens (tertiary/aromatic N) is 2. The van der Waals surface area contributed by atoms with Crippen molar-refractivity contribution in [2.45, 2.75) is 33.6 Å². The summed E-state index contributed by atoms with van der Waals surface area (Å²) < 4.78 is 0. The Hall–Kier alpha value is -2.45. The summed E-state index contributed by atoms with van der Waals surface area (Å²) in [5.41, 5.74) is 2.45. The number of anilines is 2. The fraction of sp³-hybridized carbons (Fsp3) is 0.450. The average molecular weight is 403 g/mol. The Bertz CT molecular complexity index is 861. The number of aromatic nitrogens is 1. The number of rotatable bonds is 5.